The predicted octanol–water partition coefficient (Wildman–Crippen LogP) is -1.85. The van der Waals surface area contributed by atoms with Crippen molar-refractivity contribution in [1.29, 1.82) is 0 Å². The molecule has 0 unspecified atom stereocenters. The number of carboxylic acid groups (broad SMARTS) is 1. The molecule has 0 aliphatic rings. The summed E-state index contributed by atoms with van der Waals surface area (Å²) in [5, 5.41) is 10.2. The van der Waals surface area contributed by atoms with Gasteiger partial charge in [0.05, 0.1) is 0 Å². The summed E-state index contributed by atoms with van der Waals surface area (Å²) in [5.74, 6) is -0.951. The molecule has 0 aliphatic carbocycles. The van der Waals surface area contributed by atoms with Gasteiger partial charge in [-0.1, -0.05) is 0 Å². The maximum atomic E-state index is 10.2. The Labute approximate surface area is 84.4 Å². The van der Waals surface area contributed by atoms with Crippen LogP contribution in [0.25, 0.3) is 0 Å². The molecular formula is C5H5NNaO2S+. The van der Waals surface area contributed by atoms with Crippen molar-refractivity contribution in [3.05, 3.63) is 16.1 Å². The topological polar surface area (TPSA) is 50.2 Å². The first kappa shape index (κ1) is 10.1. The summed E-state index contributed by atoms with van der Waals surface area (Å²) in [7, 11) is 0. The predicted molar refractivity (Wildman–Crippen MR) is 33.8 cm³/mol. The first-order chi connectivity index (χ1) is 4.20. The monoisotopic (exact) mass is 166 g/mol. The van der Waals surface area contributed by atoms with Gasteiger partial charge in [0.25, 0.3) is 0 Å². The Bertz CT molecular complexity index is 235. The molecule has 0 aliphatic heterocycles. The van der Waals surface area contributed by atoms with Crippen LogP contribution >= 0.6 is 11.3 Å². The summed E-state index contributed by atoms with van der Waals surface area (Å²) >= 11 is 1.15. The normalized spacial score (nSPS) is 8.50. The quantitative estimate of drug-likeness (QED) is 0.498. The molecule has 0 saturated carbocycles. The fraction of sp³-hybridized carbons (Fsp3) is 0.200. The zero-order valence-corrected chi connectivity index (χ0v) is 8.60. The molecule has 3 nitrogen and oxygen atoms in total. The Kier molecular flexibility index (Phi) is 4.12. The third-order valence-electron chi connectivity index (χ3n) is 0.802. The Balaban J connectivity index is 0.000000810. The molecule has 0 spiro atoms. The second kappa shape index (κ2) is 4.08. The van der Waals surface area contributed by atoms with Gasteiger partial charge in [0.15, 0.2) is 0 Å². The molecule has 0 radical (unpaired) electrons. The molecule has 0 amide bonds. The van der Waals surface area contributed by atoms with E-state index in [0.29, 0.717) is 0 Å². The SMILES string of the molecule is Cc1csc(C(=O)O)n1.[Na+]. The fourth-order valence-corrected chi connectivity index (χ4v) is 1.08. The number of carboxylic acids is 1. The van der Waals surface area contributed by atoms with E-state index in [-0.39, 0.29) is 34.6 Å². The Morgan fingerprint density at radius 2 is 2.40 bits per heavy atom. The van der Waals surface area contributed by atoms with Gasteiger partial charge in [0, 0.05) is 11.1 Å². The first-order valence-electron chi connectivity index (χ1n) is 2.35. The standard InChI is InChI=1S/C5H5NO2S.Na/c1-3-2-9-4(6-3)5(7)8;/h2H,1H3,(H,7,8);/q;+1. The van der Waals surface area contributed by atoms with Crippen LogP contribution in [0.3, 0.4) is 0 Å². The van der Waals surface area contributed by atoms with Crippen LogP contribution < -0.4 is 29.6 Å². The first-order valence-corrected chi connectivity index (χ1v) is 3.23. The van der Waals surface area contributed by atoms with Crippen LogP contribution in [0.5, 0.6) is 0 Å². The van der Waals surface area contributed by atoms with E-state index in [1.807, 2.05) is 0 Å². The van der Waals surface area contributed by atoms with Gasteiger partial charge in [-0.2, -0.15) is 0 Å². The number of aromatic carboxylic acids is 1. The average molecular weight is 166 g/mol. The van der Waals surface area contributed by atoms with Crippen LogP contribution in [-0.4, -0.2) is 16.1 Å². The smallest absolute Gasteiger partial charge is 0.476 e. The molecule has 1 aromatic heterocycles. The second-order valence-corrected chi connectivity index (χ2v) is 2.46. The Hall–Kier alpha value is 0.100. The summed E-state index contributed by atoms with van der Waals surface area (Å²) in [4.78, 5) is 13.9. The number of aryl methyl sites for hydroxylation is 1. The van der Waals surface area contributed by atoms with Gasteiger partial charge in [0.1, 0.15) is 0 Å². The van der Waals surface area contributed by atoms with Crippen LogP contribution in [0.2, 0.25) is 0 Å². The van der Waals surface area contributed by atoms with Gasteiger partial charge in [-0.05, 0) is 6.92 Å². The van der Waals surface area contributed by atoms with Crippen LogP contribution in [-0.2, 0) is 0 Å². The molecule has 1 rings (SSSR count). The number of carbonyl (C=O) groups is 1. The number of hydrogen-bond acceptors (Lipinski definition) is 3. The Morgan fingerprint density at radius 1 is 1.80 bits per heavy atom. The van der Waals surface area contributed by atoms with Crippen molar-refractivity contribution >= 4 is 17.3 Å². The third kappa shape index (κ3) is 2.38. The Morgan fingerprint density at radius 3 is 2.60 bits per heavy atom. The van der Waals surface area contributed by atoms with E-state index in [9.17, 15) is 4.79 Å². The number of thiazole rings is 1. The van der Waals surface area contributed by atoms with Gasteiger partial charge in [-0.15, -0.1) is 11.3 Å². The van der Waals surface area contributed by atoms with Gasteiger partial charge in [-0.25, -0.2) is 9.78 Å². The van der Waals surface area contributed by atoms with Gasteiger partial charge < -0.3 is 5.11 Å². The second-order valence-electron chi connectivity index (χ2n) is 1.60. The molecule has 1 heterocycles. The van der Waals surface area contributed by atoms with E-state index < -0.39 is 5.97 Å². The maximum Gasteiger partial charge on any atom is 1.00 e. The maximum absolute atomic E-state index is 10.2. The minimum absolute atomic E-state index is 0. The van der Waals surface area contributed by atoms with Crippen LogP contribution in [0, 0.1) is 6.92 Å². The van der Waals surface area contributed by atoms with Gasteiger partial charge in [-0.3, -0.25) is 0 Å². The van der Waals surface area contributed by atoms with Crippen LogP contribution in [0.4, 0.5) is 0 Å². The number of aromatic nitrogens is 1. The zero-order valence-electron chi connectivity index (χ0n) is 5.79. The van der Waals surface area contributed by atoms with Crippen molar-refractivity contribution in [3.8, 4) is 0 Å². The van der Waals surface area contributed by atoms with Gasteiger partial charge >= 0.3 is 35.5 Å². The van der Waals surface area contributed by atoms with Crippen molar-refractivity contribution in [1.82, 2.24) is 4.98 Å². The summed E-state index contributed by atoms with van der Waals surface area (Å²) < 4.78 is 0. The minimum atomic E-state index is -0.951. The van der Waals surface area contributed by atoms with Crippen LogP contribution in [0.1, 0.15) is 15.5 Å². The van der Waals surface area contributed by atoms with Crippen molar-refractivity contribution in [2.75, 3.05) is 0 Å². The van der Waals surface area contributed by atoms with E-state index in [2.05, 4.69) is 4.98 Å². The molecule has 0 atom stereocenters. The molecule has 1 N–H and O–H groups in total. The third-order valence-corrected chi connectivity index (χ3v) is 1.75. The average Bonchev–Trinajstić information content (AvgIpc) is 2.14. The van der Waals surface area contributed by atoms with E-state index in [1.54, 1.807) is 12.3 Å². The van der Waals surface area contributed by atoms with Crippen molar-refractivity contribution in [2.45, 2.75) is 6.92 Å². The van der Waals surface area contributed by atoms with Crippen molar-refractivity contribution in [3.63, 3.8) is 0 Å². The molecule has 10 heavy (non-hydrogen) atoms. The summed E-state index contributed by atoms with van der Waals surface area (Å²) in [6.45, 7) is 1.77. The fourth-order valence-electron chi connectivity index (χ4n) is 0.452. The molecule has 1 aromatic rings. The minimum Gasteiger partial charge on any atom is -0.476 e. The zero-order chi connectivity index (χ0) is 6.85. The van der Waals surface area contributed by atoms with Crippen molar-refractivity contribution < 1.29 is 39.5 Å². The molecule has 0 saturated heterocycles. The molecule has 48 valence electrons. The molecule has 0 bridgehead atoms. The largest absolute Gasteiger partial charge is 1.00 e. The summed E-state index contributed by atoms with van der Waals surface area (Å²) in [6.07, 6.45) is 0. The summed E-state index contributed by atoms with van der Waals surface area (Å²) in [5.41, 5.74) is 0.761. The van der Waals surface area contributed by atoms with Gasteiger partial charge in [0.2, 0.25) is 5.01 Å². The number of nitrogens with zero attached hydrogens (tertiary/aromatic N) is 1. The van der Waals surface area contributed by atoms with E-state index in [0.717, 1.165) is 17.0 Å². The molecule has 0 fully saturated rings. The van der Waals surface area contributed by atoms with E-state index in [1.165, 1.54) is 0 Å². The van der Waals surface area contributed by atoms with Crippen LogP contribution in [0.15, 0.2) is 5.38 Å². The number of hydrogen-bond donors (Lipinski definition) is 1. The van der Waals surface area contributed by atoms with E-state index in [4.69, 9.17) is 5.11 Å². The van der Waals surface area contributed by atoms with Crippen molar-refractivity contribution in [2.24, 2.45) is 0 Å². The molecule has 5 heteroatoms. The molecular weight excluding hydrogens is 161 g/mol. The van der Waals surface area contributed by atoms with E-state index >= 15 is 0 Å². The number of rotatable bonds is 1. The summed E-state index contributed by atoms with van der Waals surface area (Å²) in [6, 6.07) is 0. The molecule has 0 aromatic carbocycles.